The van der Waals surface area contributed by atoms with E-state index in [4.69, 9.17) is 37.4 Å². The summed E-state index contributed by atoms with van der Waals surface area (Å²) in [6, 6.07) is 14.0. The highest BCUT2D eigenvalue weighted by atomic mass is 35.5. The van der Waals surface area contributed by atoms with E-state index in [1.54, 1.807) is 36.6 Å². The van der Waals surface area contributed by atoms with E-state index in [-0.39, 0.29) is 18.8 Å². The van der Waals surface area contributed by atoms with Crippen LogP contribution in [0.1, 0.15) is 42.8 Å². The Morgan fingerprint density at radius 2 is 1.88 bits per heavy atom. The number of allylic oxidation sites excluding steroid dienone is 1. The first-order valence-electron chi connectivity index (χ1n) is 12.9. The molecule has 0 amide bonds. The van der Waals surface area contributed by atoms with E-state index in [9.17, 15) is 9.59 Å². The summed E-state index contributed by atoms with van der Waals surface area (Å²) >= 11 is 14.9. The highest BCUT2D eigenvalue weighted by molar-refractivity contribution is 7.10. The first-order chi connectivity index (χ1) is 19.8. The van der Waals surface area contributed by atoms with Crippen LogP contribution in [-0.4, -0.2) is 23.8 Å². The first-order valence-corrected chi connectivity index (χ1v) is 15.3. The minimum Gasteiger partial charge on any atom is -0.490 e. The fraction of sp³-hybridized carbons (Fsp3) is 0.233. The number of rotatable bonds is 9. The van der Waals surface area contributed by atoms with Crippen molar-refractivity contribution < 1.29 is 19.0 Å². The van der Waals surface area contributed by atoms with Gasteiger partial charge in [0.25, 0.3) is 5.56 Å². The summed E-state index contributed by atoms with van der Waals surface area (Å²) in [7, 11) is 0. The Hall–Kier alpha value is -3.37. The minimum absolute atomic E-state index is 0.229. The molecule has 0 bridgehead atoms. The number of aromatic nitrogens is 1. The van der Waals surface area contributed by atoms with Crippen molar-refractivity contribution in [3.8, 4) is 11.5 Å². The summed E-state index contributed by atoms with van der Waals surface area (Å²) < 4.78 is 19.3. The third-order valence-corrected chi connectivity index (χ3v) is 8.92. The van der Waals surface area contributed by atoms with Gasteiger partial charge in [-0.05, 0) is 73.7 Å². The molecule has 2 aromatic heterocycles. The van der Waals surface area contributed by atoms with Crippen molar-refractivity contribution in [3.05, 3.63) is 111 Å². The van der Waals surface area contributed by atoms with Crippen LogP contribution in [0.15, 0.2) is 75.0 Å². The maximum absolute atomic E-state index is 13.8. The predicted molar refractivity (Wildman–Crippen MR) is 163 cm³/mol. The van der Waals surface area contributed by atoms with Gasteiger partial charge in [-0.15, -0.1) is 11.3 Å². The number of thiazole rings is 1. The SMILES string of the molecule is CCOC(=O)C1=C(C)N=c2s/c(=C\c3ccc(OCc4ccc(Cl)c(Cl)c4)c(OCC)c3)c(=O)n2[C@H]1c1cccs1. The molecule has 1 aliphatic heterocycles. The van der Waals surface area contributed by atoms with Crippen LogP contribution < -0.4 is 24.4 Å². The molecule has 0 fully saturated rings. The van der Waals surface area contributed by atoms with Gasteiger partial charge < -0.3 is 14.2 Å². The predicted octanol–water partition coefficient (Wildman–Crippen LogP) is 6.14. The zero-order valence-corrected chi connectivity index (χ0v) is 25.6. The Bertz CT molecular complexity index is 1810. The lowest BCUT2D eigenvalue weighted by Gasteiger charge is -2.23. The molecule has 2 aromatic carbocycles. The average Bonchev–Trinajstić information content (AvgIpc) is 3.58. The zero-order valence-electron chi connectivity index (χ0n) is 22.5. The maximum Gasteiger partial charge on any atom is 0.338 e. The minimum atomic E-state index is -0.608. The summed E-state index contributed by atoms with van der Waals surface area (Å²) in [4.78, 5) is 32.7. The summed E-state index contributed by atoms with van der Waals surface area (Å²) in [6.07, 6.45) is 1.80. The van der Waals surface area contributed by atoms with Crippen molar-refractivity contribution >= 4 is 57.9 Å². The van der Waals surface area contributed by atoms with Gasteiger partial charge >= 0.3 is 5.97 Å². The quantitative estimate of drug-likeness (QED) is 0.208. The van der Waals surface area contributed by atoms with Crippen LogP contribution in [0.3, 0.4) is 0 Å². The second-order valence-electron chi connectivity index (χ2n) is 8.99. The Morgan fingerprint density at radius 1 is 1.05 bits per heavy atom. The lowest BCUT2D eigenvalue weighted by molar-refractivity contribution is -0.139. The highest BCUT2D eigenvalue weighted by Crippen LogP contribution is 2.33. The number of carbonyl (C=O) groups is 1. The van der Waals surface area contributed by atoms with E-state index in [1.807, 2.05) is 48.7 Å². The lowest BCUT2D eigenvalue weighted by atomic mass is 10.0. The molecule has 0 N–H and O–H groups in total. The van der Waals surface area contributed by atoms with E-state index in [1.165, 1.54) is 22.7 Å². The van der Waals surface area contributed by atoms with Crippen molar-refractivity contribution in [1.82, 2.24) is 4.57 Å². The molecule has 0 spiro atoms. The van der Waals surface area contributed by atoms with Gasteiger partial charge in [0.1, 0.15) is 12.6 Å². The van der Waals surface area contributed by atoms with Gasteiger partial charge in [0.05, 0.1) is 39.1 Å². The number of esters is 1. The van der Waals surface area contributed by atoms with E-state index >= 15 is 0 Å². The molecule has 0 unspecified atom stereocenters. The van der Waals surface area contributed by atoms with Gasteiger partial charge in [0, 0.05) is 4.88 Å². The van der Waals surface area contributed by atoms with Gasteiger partial charge in [0.2, 0.25) is 0 Å². The molecule has 5 rings (SSSR count). The van der Waals surface area contributed by atoms with Crippen molar-refractivity contribution in [1.29, 1.82) is 0 Å². The summed E-state index contributed by atoms with van der Waals surface area (Å²) in [5.41, 5.74) is 2.30. The van der Waals surface area contributed by atoms with E-state index in [0.29, 0.717) is 48.8 Å². The van der Waals surface area contributed by atoms with Crippen LogP contribution >= 0.6 is 45.9 Å². The molecular weight excluding hydrogens is 603 g/mol. The Balaban J connectivity index is 1.51. The molecule has 1 aliphatic rings. The Labute approximate surface area is 254 Å². The molecule has 0 aliphatic carbocycles. The topological polar surface area (TPSA) is 79.1 Å². The zero-order chi connectivity index (χ0) is 29.1. The average molecular weight is 630 g/mol. The molecule has 212 valence electrons. The van der Waals surface area contributed by atoms with Gasteiger partial charge in [-0.1, -0.05) is 52.7 Å². The number of hydrogen-bond acceptors (Lipinski definition) is 8. The number of nitrogens with zero attached hydrogens (tertiary/aromatic N) is 2. The summed E-state index contributed by atoms with van der Waals surface area (Å²) in [5.74, 6) is 0.633. The normalized spacial score (nSPS) is 15.0. The number of fused-ring (bicyclic) bond motifs is 1. The van der Waals surface area contributed by atoms with Crippen LogP contribution in [0.4, 0.5) is 0 Å². The third-order valence-electron chi connectivity index (χ3n) is 6.27. The number of ether oxygens (including phenoxy) is 3. The number of halogens is 2. The monoisotopic (exact) mass is 628 g/mol. The van der Waals surface area contributed by atoms with Crippen molar-refractivity contribution in [2.24, 2.45) is 4.99 Å². The summed E-state index contributed by atoms with van der Waals surface area (Å²) in [6.45, 7) is 6.36. The molecule has 4 aromatic rings. The number of hydrogen-bond donors (Lipinski definition) is 0. The second-order valence-corrected chi connectivity index (χ2v) is 11.8. The Morgan fingerprint density at radius 3 is 2.59 bits per heavy atom. The van der Waals surface area contributed by atoms with Crippen LogP contribution in [0.2, 0.25) is 10.0 Å². The number of carbonyl (C=O) groups excluding carboxylic acids is 1. The van der Waals surface area contributed by atoms with Crippen molar-refractivity contribution in [2.75, 3.05) is 13.2 Å². The number of benzene rings is 2. The largest absolute Gasteiger partial charge is 0.490 e. The van der Waals surface area contributed by atoms with Gasteiger partial charge in [-0.3, -0.25) is 9.36 Å². The Kier molecular flexibility index (Phi) is 8.99. The molecule has 0 radical (unpaired) electrons. The fourth-order valence-electron chi connectivity index (χ4n) is 4.45. The van der Waals surface area contributed by atoms with E-state index in [2.05, 4.69) is 4.99 Å². The van der Waals surface area contributed by atoms with Gasteiger partial charge in [0.15, 0.2) is 16.3 Å². The van der Waals surface area contributed by atoms with E-state index < -0.39 is 12.0 Å². The van der Waals surface area contributed by atoms with Crippen molar-refractivity contribution in [2.45, 2.75) is 33.4 Å². The fourth-order valence-corrected chi connectivity index (χ4v) is 6.64. The molecule has 0 saturated heterocycles. The molecule has 1 atom stereocenters. The molecule has 41 heavy (non-hydrogen) atoms. The standard InChI is InChI=1S/C30H26Cl2N2O5S2/c1-4-37-23-14-18(9-11-22(23)39-16-19-8-10-20(31)21(32)13-19)15-25-28(35)34-27(24-7-6-12-40-24)26(29(36)38-5-2)17(3)33-30(34)41-25/h6-15,27H,4-5,16H2,1-3H3/b25-15-/t27-/m0/s1. The van der Waals surface area contributed by atoms with Crippen LogP contribution in [0, 0.1) is 0 Å². The number of thiophene rings is 1. The van der Waals surface area contributed by atoms with Crippen LogP contribution in [-0.2, 0) is 16.1 Å². The molecule has 0 saturated carbocycles. The molecule has 3 heterocycles. The van der Waals surface area contributed by atoms with Crippen LogP contribution in [0.5, 0.6) is 11.5 Å². The molecular formula is C30H26Cl2N2O5S2. The third kappa shape index (κ3) is 6.13. The molecule has 11 heteroatoms. The lowest BCUT2D eigenvalue weighted by Crippen LogP contribution is -2.39. The maximum atomic E-state index is 13.8. The van der Waals surface area contributed by atoms with Crippen LogP contribution in [0.25, 0.3) is 6.08 Å². The highest BCUT2D eigenvalue weighted by Gasteiger charge is 2.33. The van der Waals surface area contributed by atoms with Crippen molar-refractivity contribution in [3.63, 3.8) is 0 Å². The summed E-state index contributed by atoms with van der Waals surface area (Å²) in [5, 5.41) is 2.86. The molecule has 7 nitrogen and oxygen atoms in total. The first kappa shape index (κ1) is 29.1. The van der Waals surface area contributed by atoms with Gasteiger partial charge in [-0.2, -0.15) is 0 Å². The second kappa shape index (κ2) is 12.7. The van der Waals surface area contributed by atoms with E-state index in [0.717, 1.165) is 16.0 Å². The van der Waals surface area contributed by atoms with Gasteiger partial charge in [-0.25, -0.2) is 9.79 Å². The smallest absolute Gasteiger partial charge is 0.338 e.